The Morgan fingerprint density at radius 1 is 1.11 bits per heavy atom. The first kappa shape index (κ1) is 18.5. The molecule has 1 aliphatic heterocycles. The molecule has 2 aromatic heterocycles. The van der Waals surface area contributed by atoms with E-state index < -0.39 is 0 Å². The Morgan fingerprint density at radius 2 is 1.93 bits per heavy atom. The normalized spacial score (nSPS) is 18.9. The Labute approximate surface area is 171 Å². The van der Waals surface area contributed by atoms with E-state index in [-0.39, 0.29) is 12.1 Å². The second-order valence-corrected chi connectivity index (χ2v) is 7.21. The molecule has 144 valence electrons. The number of nitrogens with zero attached hydrogens (tertiary/aromatic N) is 3. The van der Waals surface area contributed by atoms with Gasteiger partial charge in [0.05, 0.1) is 24.9 Å². The number of thiocarbonyl (C=S) groups is 1. The minimum Gasteiger partial charge on any atom is -0.497 e. The van der Waals surface area contributed by atoms with Crippen LogP contribution in [0.4, 0.5) is 0 Å². The van der Waals surface area contributed by atoms with Crippen LogP contribution in [0, 0.1) is 0 Å². The molecule has 1 fully saturated rings. The predicted molar refractivity (Wildman–Crippen MR) is 115 cm³/mol. The summed E-state index contributed by atoms with van der Waals surface area (Å²) in [6, 6.07) is 18.5. The van der Waals surface area contributed by atoms with Crippen molar-refractivity contribution in [3.05, 3.63) is 78.4 Å². The predicted octanol–water partition coefficient (Wildman–Crippen LogP) is 4.26. The molecule has 1 N–H and O–H groups in total. The van der Waals surface area contributed by atoms with Gasteiger partial charge < -0.3 is 19.5 Å². The molecule has 1 saturated heterocycles. The SMILES string of the molecule is CCCN1C(=S)N[C@H](c2ccccn2)[C@H]1c1cccn1-c1ccc(OC)cc1. The largest absolute Gasteiger partial charge is 0.497 e. The molecule has 0 spiro atoms. The van der Waals surface area contributed by atoms with Gasteiger partial charge in [0.1, 0.15) is 5.75 Å². The topological polar surface area (TPSA) is 42.3 Å². The highest BCUT2D eigenvalue weighted by Gasteiger charge is 2.40. The van der Waals surface area contributed by atoms with Gasteiger partial charge in [-0.15, -0.1) is 0 Å². The third-order valence-electron chi connectivity index (χ3n) is 5.10. The van der Waals surface area contributed by atoms with E-state index in [1.807, 2.05) is 30.5 Å². The van der Waals surface area contributed by atoms with Gasteiger partial charge in [0, 0.05) is 30.3 Å². The molecule has 6 heteroatoms. The number of ether oxygens (including phenoxy) is 1. The lowest BCUT2D eigenvalue weighted by Crippen LogP contribution is -2.31. The number of aromatic nitrogens is 2. The van der Waals surface area contributed by atoms with E-state index in [9.17, 15) is 0 Å². The summed E-state index contributed by atoms with van der Waals surface area (Å²) in [7, 11) is 1.68. The van der Waals surface area contributed by atoms with E-state index in [1.165, 1.54) is 5.69 Å². The molecule has 1 aromatic carbocycles. The molecule has 0 saturated carbocycles. The third-order valence-corrected chi connectivity index (χ3v) is 5.45. The molecule has 0 bridgehead atoms. The zero-order valence-corrected chi connectivity index (χ0v) is 16.9. The maximum absolute atomic E-state index is 5.69. The van der Waals surface area contributed by atoms with Crippen LogP contribution in [0.2, 0.25) is 0 Å². The van der Waals surface area contributed by atoms with Gasteiger partial charge in [0.15, 0.2) is 5.11 Å². The van der Waals surface area contributed by atoms with Gasteiger partial charge in [0.25, 0.3) is 0 Å². The van der Waals surface area contributed by atoms with Crippen molar-refractivity contribution in [3.8, 4) is 11.4 Å². The Morgan fingerprint density at radius 3 is 2.61 bits per heavy atom. The van der Waals surface area contributed by atoms with Crippen molar-refractivity contribution in [1.29, 1.82) is 0 Å². The highest BCUT2D eigenvalue weighted by molar-refractivity contribution is 7.80. The third kappa shape index (κ3) is 3.36. The number of rotatable bonds is 6. The molecule has 0 radical (unpaired) electrons. The van der Waals surface area contributed by atoms with Gasteiger partial charge in [-0.2, -0.15) is 0 Å². The molecule has 28 heavy (non-hydrogen) atoms. The fourth-order valence-electron chi connectivity index (χ4n) is 3.82. The maximum atomic E-state index is 5.69. The molecule has 2 atom stereocenters. The van der Waals surface area contributed by atoms with Crippen molar-refractivity contribution in [2.45, 2.75) is 25.4 Å². The number of benzene rings is 1. The molecule has 0 aliphatic carbocycles. The Balaban J connectivity index is 1.77. The van der Waals surface area contributed by atoms with Gasteiger partial charge in [-0.05, 0) is 67.2 Å². The first-order chi connectivity index (χ1) is 13.7. The smallest absolute Gasteiger partial charge is 0.170 e. The summed E-state index contributed by atoms with van der Waals surface area (Å²) >= 11 is 5.69. The second-order valence-electron chi connectivity index (χ2n) is 6.82. The van der Waals surface area contributed by atoms with E-state index in [1.54, 1.807) is 7.11 Å². The van der Waals surface area contributed by atoms with Crippen LogP contribution in [0.1, 0.15) is 36.8 Å². The lowest BCUT2D eigenvalue weighted by atomic mass is 10.0. The molecule has 1 aliphatic rings. The lowest BCUT2D eigenvalue weighted by Gasteiger charge is -2.28. The van der Waals surface area contributed by atoms with Crippen molar-refractivity contribution in [2.24, 2.45) is 0 Å². The van der Waals surface area contributed by atoms with Gasteiger partial charge in [-0.3, -0.25) is 4.98 Å². The van der Waals surface area contributed by atoms with E-state index in [4.69, 9.17) is 17.0 Å². The molecule has 0 amide bonds. The minimum atomic E-state index is 0.00662. The summed E-state index contributed by atoms with van der Waals surface area (Å²) in [6.45, 7) is 3.07. The monoisotopic (exact) mass is 392 g/mol. The zero-order valence-electron chi connectivity index (χ0n) is 16.1. The van der Waals surface area contributed by atoms with Gasteiger partial charge in [-0.25, -0.2) is 0 Å². The van der Waals surface area contributed by atoms with E-state index >= 15 is 0 Å². The fourth-order valence-corrected chi connectivity index (χ4v) is 4.15. The summed E-state index contributed by atoms with van der Waals surface area (Å²) in [4.78, 5) is 6.88. The minimum absolute atomic E-state index is 0.00662. The first-order valence-electron chi connectivity index (χ1n) is 9.52. The van der Waals surface area contributed by atoms with Crippen LogP contribution in [0.25, 0.3) is 5.69 Å². The Kier molecular flexibility index (Phi) is 5.30. The molecule has 4 rings (SSSR count). The Bertz CT molecular complexity index is 939. The summed E-state index contributed by atoms with van der Waals surface area (Å²) in [5.41, 5.74) is 3.27. The lowest BCUT2D eigenvalue weighted by molar-refractivity contribution is 0.309. The average Bonchev–Trinajstić information content (AvgIpc) is 3.34. The fraction of sp³-hybridized carbons (Fsp3) is 0.273. The summed E-state index contributed by atoms with van der Waals surface area (Å²) < 4.78 is 7.52. The zero-order chi connectivity index (χ0) is 19.5. The van der Waals surface area contributed by atoms with Gasteiger partial charge >= 0.3 is 0 Å². The van der Waals surface area contributed by atoms with Gasteiger partial charge in [-0.1, -0.05) is 13.0 Å². The highest BCUT2D eigenvalue weighted by atomic mass is 32.1. The van der Waals surface area contributed by atoms with Crippen LogP contribution in [-0.4, -0.2) is 33.2 Å². The Hall–Kier alpha value is -2.86. The standard InChI is InChI=1S/C22H24N4OS/c1-3-14-26-21(20(24-22(26)28)18-7-4-5-13-23-18)19-8-6-15-25(19)16-9-11-17(27-2)12-10-16/h4-13,15,20-21H,3,14H2,1-2H3,(H,24,28)/t20-,21-/m1/s1. The molecular formula is C22H24N4OS. The van der Waals surface area contributed by atoms with Crippen LogP contribution in [0.3, 0.4) is 0 Å². The second kappa shape index (κ2) is 8.02. The van der Waals surface area contributed by atoms with Crippen molar-refractivity contribution >= 4 is 17.3 Å². The average molecular weight is 393 g/mol. The number of hydrogen-bond donors (Lipinski definition) is 1. The molecular weight excluding hydrogens is 368 g/mol. The number of methoxy groups -OCH3 is 1. The van der Waals surface area contributed by atoms with E-state index in [0.29, 0.717) is 0 Å². The summed E-state index contributed by atoms with van der Waals surface area (Å²) in [6.07, 6.45) is 4.96. The van der Waals surface area contributed by atoms with Crippen molar-refractivity contribution < 1.29 is 4.74 Å². The number of pyridine rings is 1. The quantitative estimate of drug-likeness (QED) is 0.635. The summed E-state index contributed by atoms with van der Waals surface area (Å²) in [5, 5.41) is 4.28. The number of hydrogen-bond acceptors (Lipinski definition) is 3. The highest BCUT2D eigenvalue weighted by Crippen LogP contribution is 2.39. The van der Waals surface area contributed by atoms with Crippen molar-refractivity contribution in [1.82, 2.24) is 19.8 Å². The molecule has 3 heterocycles. The first-order valence-corrected chi connectivity index (χ1v) is 9.93. The van der Waals surface area contributed by atoms with Crippen LogP contribution in [0.15, 0.2) is 67.0 Å². The number of nitrogens with one attached hydrogen (secondary N) is 1. The molecule has 5 nitrogen and oxygen atoms in total. The van der Waals surface area contributed by atoms with Crippen LogP contribution in [0.5, 0.6) is 5.75 Å². The maximum Gasteiger partial charge on any atom is 0.170 e. The van der Waals surface area contributed by atoms with E-state index in [2.05, 4.69) is 63.2 Å². The molecule has 0 unspecified atom stereocenters. The van der Waals surface area contributed by atoms with Gasteiger partial charge in [0.2, 0.25) is 0 Å². The summed E-state index contributed by atoms with van der Waals surface area (Å²) in [5.74, 6) is 0.847. The van der Waals surface area contributed by atoms with Crippen molar-refractivity contribution in [2.75, 3.05) is 13.7 Å². The van der Waals surface area contributed by atoms with Crippen LogP contribution >= 0.6 is 12.2 Å². The van der Waals surface area contributed by atoms with Crippen LogP contribution in [-0.2, 0) is 0 Å². The van der Waals surface area contributed by atoms with Crippen molar-refractivity contribution in [3.63, 3.8) is 0 Å². The van der Waals surface area contributed by atoms with Crippen LogP contribution < -0.4 is 10.1 Å². The van der Waals surface area contributed by atoms with E-state index in [0.717, 1.165) is 35.2 Å². The molecule has 3 aromatic rings.